The first-order valence-corrected chi connectivity index (χ1v) is 12.2. The lowest BCUT2D eigenvalue weighted by molar-refractivity contribution is -0.337. The highest BCUT2D eigenvalue weighted by Gasteiger charge is 2.79. The van der Waals surface area contributed by atoms with Gasteiger partial charge in [0.1, 0.15) is 11.3 Å². The van der Waals surface area contributed by atoms with E-state index < -0.39 is 34.8 Å². The predicted molar refractivity (Wildman–Crippen MR) is 123 cm³/mol. The molecule has 3 aromatic heterocycles. The van der Waals surface area contributed by atoms with Gasteiger partial charge in [-0.15, -0.1) is 0 Å². The number of halogens is 5. The molecule has 1 saturated heterocycles. The number of pyridine rings is 1. The van der Waals surface area contributed by atoms with Gasteiger partial charge < -0.3 is 9.47 Å². The van der Waals surface area contributed by atoms with E-state index in [1.807, 2.05) is 0 Å². The third-order valence-electron chi connectivity index (χ3n) is 8.30. The summed E-state index contributed by atoms with van der Waals surface area (Å²) in [6.45, 7) is 0.361. The zero-order valence-electron chi connectivity index (χ0n) is 20.6. The summed E-state index contributed by atoms with van der Waals surface area (Å²) in [5.74, 6) is -0.338. The molecule has 4 heterocycles. The van der Waals surface area contributed by atoms with Gasteiger partial charge in [0.05, 0.1) is 24.3 Å². The normalized spacial score (nSPS) is 28.7. The lowest BCUT2D eigenvalue weighted by Crippen LogP contribution is -2.70. The summed E-state index contributed by atoms with van der Waals surface area (Å²) in [7, 11) is 2.68. The Balaban J connectivity index is 1.44. The molecule has 2 bridgehead atoms. The van der Waals surface area contributed by atoms with Crippen LogP contribution in [0.5, 0.6) is 5.88 Å². The van der Waals surface area contributed by atoms with E-state index in [4.69, 9.17) is 9.47 Å². The van der Waals surface area contributed by atoms with Crippen molar-refractivity contribution in [1.29, 1.82) is 0 Å². The lowest BCUT2D eigenvalue weighted by atomic mass is 9.34. The van der Waals surface area contributed by atoms with Crippen molar-refractivity contribution < 1.29 is 31.4 Å². The summed E-state index contributed by atoms with van der Waals surface area (Å²) >= 11 is 0. The highest BCUT2D eigenvalue weighted by molar-refractivity contribution is 5.78. The Labute approximate surface area is 213 Å². The van der Waals surface area contributed by atoms with Crippen molar-refractivity contribution >= 4 is 11.0 Å². The Morgan fingerprint density at radius 3 is 2.55 bits per heavy atom. The highest BCUT2D eigenvalue weighted by atomic mass is 19.4. The number of hydrogen-bond donors (Lipinski definition) is 0. The summed E-state index contributed by atoms with van der Waals surface area (Å²) in [5, 5.41) is 0. The predicted octanol–water partition coefficient (Wildman–Crippen LogP) is 4.68. The quantitative estimate of drug-likeness (QED) is 0.437. The van der Waals surface area contributed by atoms with Gasteiger partial charge >= 0.3 is 6.18 Å². The first kappa shape index (κ1) is 25.1. The molecule has 13 heteroatoms. The molecule has 0 aromatic carbocycles. The molecule has 3 aromatic rings. The summed E-state index contributed by atoms with van der Waals surface area (Å²) < 4.78 is 80.1. The second kappa shape index (κ2) is 8.39. The van der Waals surface area contributed by atoms with Crippen LogP contribution in [0.2, 0.25) is 0 Å². The molecule has 3 aliphatic carbocycles. The molecule has 1 aliphatic heterocycles. The van der Waals surface area contributed by atoms with Crippen molar-refractivity contribution in [3.8, 4) is 5.88 Å². The van der Waals surface area contributed by atoms with E-state index in [9.17, 15) is 26.7 Å². The molecule has 202 valence electrons. The fourth-order valence-electron chi connectivity index (χ4n) is 6.27. The van der Waals surface area contributed by atoms with Gasteiger partial charge in [-0.2, -0.15) is 13.2 Å². The number of nitrogens with zero attached hydrogens (tertiary/aromatic N) is 5. The molecule has 8 nitrogen and oxygen atoms in total. The van der Waals surface area contributed by atoms with Crippen LogP contribution < -0.4 is 10.3 Å². The molecule has 0 amide bonds. The number of ether oxygens (including phenoxy) is 2. The van der Waals surface area contributed by atoms with Gasteiger partial charge in [0.2, 0.25) is 5.88 Å². The molecule has 7 rings (SSSR count). The van der Waals surface area contributed by atoms with Gasteiger partial charge in [-0.05, 0) is 43.7 Å². The van der Waals surface area contributed by atoms with E-state index >= 15 is 0 Å². The first-order valence-electron chi connectivity index (χ1n) is 12.2. The third-order valence-corrected chi connectivity index (χ3v) is 8.30. The fraction of sp³-hybridized carbons (Fsp3) is 0.560. The van der Waals surface area contributed by atoms with Gasteiger partial charge in [0.25, 0.3) is 12.0 Å². The van der Waals surface area contributed by atoms with Gasteiger partial charge in [-0.25, -0.2) is 28.7 Å². The van der Waals surface area contributed by atoms with E-state index in [-0.39, 0.29) is 53.8 Å². The van der Waals surface area contributed by atoms with Gasteiger partial charge in [0, 0.05) is 37.3 Å². The molecule has 0 radical (unpaired) electrons. The monoisotopic (exact) mass is 537 g/mol. The van der Waals surface area contributed by atoms with E-state index in [2.05, 4.69) is 19.9 Å². The largest absolute Gasteiger partial charge is 0.481 e. The Bertz CT molecular complexity index is 1470. The van der Waals surface area contributed by atoms with Crippen molar-refractivity contribution in [2.45, 2.75) is 62.1 Å². The smallest absolute Gasteiger partial charge is 0.394 e. The first-order chi connectivity index (χ1) is 18.0. The molecule has 3 saturated carbocycles. The Kier molecular flexibility index (Phi) is 5.54. The van der Waals surface area contributed by atoms with E-state index in [0.29, 0.717) is 25.3 Å². The Morgan fingerprint density at radius 1 is 1.16 bits per heavy atom. The van der Waals surface area contributed by atoms with Crippen molar-refractivity contribution in [2.75, 3.05) is 13.7 Å². The molecular weight excluding hydrogens is 513 g/mol. The van der Waals surface area contributed by atoms with Crippen molar-refractivity contribution in [2.24, 2.45) is 12.5 Å². The van der Waals surface area contributed by atoms with E-state index in [1.165, 1.54) is 14.2 Å². The SMILES string of the molecule is COc1cc([C@H]2C[C@@H](c3nc(C45CC(C(F)(F)F)(C4)C5)c4nc(C(F)F)n(C)c(=O)c4n3)CCO2)ccn1. The molecule has 0 N–H and O–H groups in total. The van der Waals surface area contributed by atoms with Gasteiger partial charge in [-0.1, -0.05) is 0 Å². The topological polar surface area (TPSA) is 92.0 Å². The minimum Gasteiger partial charge on any atom is -0.481 e. The van der Waals surface area contributed by atoms with Crippen LogP contribution in [0.3, 0.4) is 0 Å². The average molecular weight is 537 g/mol. The van der Waals surface area contributed by atoms with Crippen LogP contribution in [0.25, 0.3) is 11.0 Å². The van der Waals surface area contributed by atoms with Crippen molar-refractivity contribution in [3.63, 3.8) is 0 Å². The molecule has 0 unspecified atom stereocenters. The molecular formula is C25H24F5N5O3. The summed E-state index contributed by atoms with van der Waals surface area (Å²) in [5.41, 5.74) is -2.84. The number of methoxy groups -OCH3 is 1. The second-order valence-electron chi connectivity index (χ2n) is 10.6. The molecule has 0 spiro atoms. The zero-order valence-corrected chi connectivity index (χ0v) is 20.6. The van der Waals surface area contributed by atoms with Gasteiger partial charge in [-0.3, -0.25) is 9.36 Å². The van der Waals surface area contributed by atoms with E-state index in [0.717, 1.165) is 10.1 Å². The van der Waals surface area contributed by atoms with Crippen LogP contribution in [-0.2, 0) is 17.2 Å². The summed E-state index contributed by atoms with van der Waals surface area (Å²) in [6.07, 6.45) is -5.81. The van der Waals surface area contributed by atoms with Crippen molar-refractivity contribution in [3.05, 3.63) is 51.6 Å². The summed E-state index contributed by atoms with van der Waals surface area (Å²) in [6, 6.07) is 3.55. The van der Waals surface area contributed by atoms with Crippen LogP contribution in [-0.4, -0.2) is 44.4 Å². The Morgan fingerprint density at radius 2 is 1.89 bits per heavy atom. The zero-order chi connectivity index (χ0) is 27.0. The third kappa shape index (κ3) is 3.61. The number of hydrogen-bond acceptors (Lipinski definition) is 7. The number of alkyl halides is 5. The maximum Gasteiger partial charge on any atom is 0.394 e. The fourth-order valence-corrected chi connectivity index (χ4v) is 6.27. The lowest BCUT2D eigenvalue weighted by Gasteiger charge is -2.70. The Hall–Kier alpha value is -3.22. The maximum atomic E-state index is 13.7. The van der Waals surface area contributed by atoms with Crippen LogP contribution in [0.15, 0.2) is 23.1 Å². The number of rotatable bonds is 5. The minimum atomic E-state index is -4.36. The highest BCUT2D eigenvalue weighted by Crippen LogP contribution is 2.78. The number of aromatic nitrogens is 5. The molecule has 4 fully saturated rings. The van der Waals surface area contributed by atoms with Gasteiger partial charge in [0.15, 0.2) is 11.3 Å². The van der Waals surface area contributed by atoms with Crippen molar-refractivity contribution in [1.82, 2.24) is 24.5 Å². The summed E-state index contributed by atoms with van der Waals surface area (Å²) in [4.78, 5) is 30.4. The molecule has 38 heavy (non-hydrogen) atoms. The van der Waals surface area contributed by atoms with E-state index in [1.54, 1.807) is 18.3 Å². The maximum absolute atomic E-state index is 13.7. The van der Waals surface area contributed by atoms with Crippen LogP contribution in [0, 0.1) is 5.41 Å². The molecule has 4 aliphatic rings. The number of fused-ring (bicyclic) bond motifs is 1. The van der Waals surface area contributed by atoms with Crippen LogP contribution in [0.4, 0.5) is 22.0 Å². The van der Waals surface area contributed by atoms with Crippen LogP contribution >= 0.6 is 0 Å². The molecule has 2 atom stereocenters. The van der Waals surface area contributed by atoms with Crippen LogP contribution in [0.1, 0.15) is 73.5 Å². The standard InChI is InChI=1S/C25H24F5N5O3/c1-35-21(19(26)27)33-16-17(22(35)36)32-20(34-18(16)23-9-24(10-23,11-23)25(28,29)30)13-4-6-38-14(7-13)12-3-5-31-15(8-12)37-2/h3,5,8,13-14,19H,4,6-7,9-11H2,1-2H3/t13-,14+,23?,24?/m0/s1. The minimum absolute atomic E-state index is 0.134. The average Bonchev–Trinajstić information content (AvgIpc) is 2.83. The second-order valence-corrected chi connectivity index (χ2v) is 10.6.